The van der Waals surface area contributed by atoms with Crippen LogP contribution in [0, 0.1) is 5.92 Å². The molecule has 6 aliphatic heterocycles. The third-order valence-electron chi connectivity index (χ3n) is 7.78. The first kappa shape index (κ1) is 18.1. The van der Waals surface area contributed by atoms with Gasteiger partial charge < -0.3 is 15.1 Å². The highest BCUT2D eigenvalue weighted by Crippen LogP contribution is 2.35. The molecular formula is C22H29N5OS. The average Bonchev–Trinajstić information content (AvgIpc) is 3.18. The molecule has 29 heavy (non-hydrogen) atoms. The number of nitrogens with one attached hydrogen (secondary N) is 1. The topological polar surface area (TPSA) is 51.7 Å². The standard InChI is InChI=1S/C22H29N5OS/c1-25-11-17-3-2-16(25)12-27(17)15-4-5-18-20(10-15)29-24-21(18)22(28)23-19-13-26-8-6-14(19)7-9-26/h4-5,10,14,16-17,19H,2-3,6-9,11-13H2,1H3,(H,23,28)/t16-,17-,19+/m1/s1. The van der Waals surface area contributed by atoms with Crippen molar-refractivity contribution in [3.05, 3.63) is 23.9 Å². The minimum absolute atomic E-state index is 0.00130. The number of anilines is 1. The normalized spacial score (nSPS) is 34.1. The number of piperidine rings is 5. The van der Waals surface area contributed by atoms with Gasteiger partial charge in [0, 0.05) is 48.8 Å². The summed E-state index contributed by atoms with van der Waals surface area (Å²) in [7, 11) is 2.25. The van der Waals surface area contributed by atoms with Gasteiger partial charge in [-0.15, -0.1) is 0 Å². The Morgan fingerprint density at radius 3 is 2.62 bits per heavy atom. The van der Waals surface area contributed by atoms with E-state index in [2.05, 4.69) is 49.6 Å². The number of hydrogen-bond acceptors (Lipinski definition) is 6. The van der Waals surface area contributed by atoms with Gasteiger partial charge in [0.25, 0.3) is 5.91 Å². The largest absolute Gasteiger partial charge is 0.366 e. The Morgan fingerprint density at radius 1 is 1.10 bits per heavy atom. The predicted octanol–water partition coefficient (Wildman–Crippen LogP) is 2.40. The fourth-order valence-electron chi connectivity index (χ4n) is 5.99. The molecule has 6 aliphatic rings. The van der Waals surface area contributed by atoms with E-state index in [1.54, 1.807) is 0 Å². The van der Waals surface area contributed by atoms with Gasteiger partial charge in [0.1, 0.15) is 5.69 Å². The number of carbonyl (C=O) groups excluding carboxylic acids is 1. The highest BCUT2D eigenvalue weighted by Gasteiger charge is 2.38. The quantitative estimate of drug-likeness (QED) is 0.841. The lowest BCUT2D eigenvalue weighted by atomic mass is 9.84. The van der Waals surface area contributed by atoms with Gasteiger partial charge in [-0.1, -0.05) is 0 Å². The lowest BCUT2D eigenvalue weighted by molar-refractivity contribution is 0.0619. The monoisotopic (exact) mass is 411 g/mol. The molecule has 2 aromatic rings. The number of aromatic nitrogens is 1. The number of likely N-dealkylation sites (N-methyl/N-ethyl adjacent to an activating group) is 1. The molecule has 3 atom stereocenters. The second-order valence-electron chi connectivity index (χ2n) is 9.41. The summed E-state index contributed by atoms with van der Waals surface area (Å²) in [5, 5.41) is 4.29. The van der Waals surface area contributed by atoms with Crippen LogP contribution in [0.3, 0.4) is 0 Å². The maximum Gasteiger partial charge on any atom is 0.271 e. The fourth-order valence-corrected chi connectivity index (χ4v) is 6.80. The number of benzene rings is 1. The molecule has 0 aliphatic carbocycles. The van der Waals surface area contributed by atoms with E-state index in [0.717, 1.165) is 29.7 Å². The average molecular weight is 412 g/mol. The van der Waals surface area contributed by atoms with E-state index in [9.17, 15) is 4.79 Å². The van der Waals surface area contributed by atoms with Crippen LogP contribution in [0.5, 0.6) is 0 Å². The zero-order valence-electron chi connectivity index (χ0n) is 17.0. The lowest BCUT2D eigenvalue weighted by Crippen LogP contribution is -2.61. The fraction of sp³-hybridized carbons (Fsp3) is 0.636. The minimum atomic E-state index is 0.00130. The highest BCUT2D eigenvalue weighted by molar-refractivity contribution is 7.13. The SMILES string of the molecule is CN1C[C@H]2CC[C@@H]1CN2c1ccc2c(C(=O)N[C@H]3CN4CCC3CC4)nsc2c1. The molecule has 0 radical (unpaired) electrons. The Hall–Kier alpha value is -1.70. The van der Waals surface area contributed by atoms with Crippen molar-refractivity contribution in [1.82, 2.24) is 19.5 Å². The van der Waals surface area contributed by atoms with Crippen LogP contribution in [0.25, 0.3) is 10.1 Å². The molecule has 1 amide bonds. The van der Waals surface area contributed by atoms with E-state index >= 15 is 0 Å². The van der Waals surface area contributed by atoms with Crippen LogP contribution in [-0.4, -0.2) is 78.0 Å². The summed E-state index contributed by atoms with van der Waals surface area (Å²) in [6.45, 7) is 5.63. The highest BCUT2D eigenvalue weighted by atomic mass is 32.1. The second-order valence-corrected chi connectivity index (χ2v) is 10.2. The number of rotatable bonds is 3. The Morgan fingerprint density at radius 2 is 1.93 bits per heavy atom. The molecule has 0 saturated carbocycles. The van der Waals surface area contributed by atoms with Crippen molar-refractivity contribution in [2.75, 3.05) is 44.7 Å². The predicted molar refractivity (Wildman–Crippen MR) is 117 cm³/mol. The third-order valence-corrected chi connectivity index (χ3v) is 8.59. The Bertz CT molecular complexity index is 936. The van der Waals surface area contributed by atoms with Crippen molar-refractivity contribution >= 4 is 33.2 Å². The van der Waals surface area contributed by atoms with Crippen molar-refractivity contribution < 1.29 is 4.79 Å². The van der Waals surface area contributed by atoms with Crippen LogP contribution in [0.2, 0.25) is 0 Å². The van der Waals surface area contributed by atoms with Gasteiger partial charge >= 0.3 is 0 Å². The summed E-state index contributed by atoms with van der Waals surface area (Å²) in [5.41, 5.74) is 1.89. The zero-order valence-corrected chi connectivity index (χ0v) is 17.8. The molecule has 8 rings (SSSR count). The molecule has 6 fully saturated rings. The van der Waals surface area contributed by atoms with E-state index in [-0.39, 0.29) is 11.9 Å². The van der Waals surface area contributed by atoms with Gasteiger partial charge in [-0.3, -0.25) is 9.69 Å². The zero-order chi connectivity index (χ0) is 19.5. The molecule has 0 unspecified atom stereocenters. The maximum absolute atomic E-state index is 13.0. The van der Waals surface area contributed by atoms with Crippen LogP contribution in [0.4, 0.5) is 5.69 Å². The van der Waals surface area contributed by atoms with E-state index in [0.29, 0.717) is 23.7 Å². The summed E-state index contributed by atoms with van der Waals surface area (Å²) in [6.07, 6.45) is 5.01. The molecule has 154 valence electrons. The van der Waals surface area contributed by atoms with Gasteiger partial charge in [0.15, 0.2) is 0 Å². The van der Waals surface area contributed by atoms with Gasteiger partial charge in [0.05, 0.1) is 4.70 Å². The Labute approximate surface area is 176 Å². The molecule has 7 heteroatoms. The Kier molecular flexibility index (Phi) is 4.32. The number of carbonyl (C=O) groups is 1. The molecule has 1 aromatic carbocycles. The summed E-state index contributed by atoms with van der Waals surface area (Å²) in [5.74, 6) is 0.634. The van der Waals surface area contributed by atoms with Gasteiger partial charge in [0.2, 0.25) is 0 Å². The van der Waals surface area contributed by atoms with Crippen molar-refractivity contribution in [2.45, 2.75) is 43.8 Å². The van der Waals surface area contributed by atoms with Gasteiger partial charge in [-0.25, -0.2) is 0 Å². The number of piperazine rings is 1. The van der Waals surface area contributed by atoms with Gasteiger partial charge in [-0.05, 0) is 81.5 Å². The van der Waals surface area contributed by atoms with Crippen LogP contribution in [0.15, 0.2) is 18.2 Å². The van der Waals surface area contributed by atoms with Crippen molar-refractivity contribution in [3.8, 4) is 0 Å². The molecule has 6 saturated heterocycles. The van der Waals surface area contributed by atoms with Crippen molar-refractivity contribution in [1.29, 1.82) is 0 Å². The molecule has 1 aromatic heterocycles. The number of hydrogen-bond donors (Lipinski definition) is 1. The number of amides is 1. The van der Waals surface area contributed by atoms with E-state index in [1.807, 2.05) is 0 Å². The lowest BCUT2D eigenvalue weighted by Gasteiger charge is -2.51. The molecule has 6 nitrogen and oxygen atoms in total. The van der Waals surface area contributed by atoms with E-state index in [1.165, 1.54) is 56.0 Å². The van der Waals surface area contributed by atoms with E-state index < -0.39 is 0 Å². The van der Waals surface area contributed by atoms with Crippen LogP contribution in [-0.2, 0) is 0 Å². The van der Waals surface area contributed by atoms with Crippen LogP contribution >= 0.6 is 11.5 Å². The number of fused-ring (bicyclic) bond motifs is 7. The smallest absolute Gasteiger partial charge is 0.271 e. The summed E-state index contributed by atoms with van der Waals surface area (Å²) >= 11 is 1.46. The first-order valence-corrected chi connectivity index (χ1v) is 11.8. The first-order chi connectivity index (χ1) is 14.2. The van der Waals surface area contributed by atoms with Gasteiger partial charge in [-0.2, -0.15) is 4.37 Å². The number of nitrogens with zero attached hydrogens (tertiary/aromatic N) is 4. The van der Waals surface area contributed by atoms with Crippen molar-refractivity contribution in [3.63, 3.8) is 0 Å². The first-order valence-electron chi connectivity index (χ1n) is 11.1. The summed E-state index contributed by atoms with van der Waals surface area (Å²) < 4.78 is 5.68. The summed E-state index contributed by atoms with van der Waals surface area (Å²) in [4.78, 5) is 20.5. The van der Waals surface area contributed by atoms with Crippen LogP contribution < -0.4 is 10.2 Å². The molecule has 4 bridgehead atoms. The molecule has 1 N–H and O–H groups in total. The third kappa shape index (κ3) is 3.05. The maximum atomic E-state index is 13.0. The van der Waals surface area contributed by atoms with Crippen LogP contribution in [0.1, 0.15) is 36.2 Å². The summed E-state index contributed by atoms with van der Waals surface area (Å²) in [6, 6.07) is 8.11. The minimum Gasteiger partial charge on any atom is -0.366 e. The molecule has 0 spiro atoms. The second kappa shape index (κ2) is 6.93. The van der Waals surface area contributed by atoms with Crippen molar-refractivity contribution in [2.24, 2.45) is 5.92 Å². The molecule has 7 heterocycles. The Balaban J connectivity index is 1.22. The van der Waals surface area contributed by atoms with E-state index in [4.69, 9.17) is 0 Å². The molecular weight excluding hydrogens is 382 g/mol.